The Balaban J connectivity index is 1.98. The number of pyridine rings is 1. The van der Waals surface area contributed by atoms with Crippen LogP contribution in [0.25, 0.3) is 0 Å². The van der Waals surface area contributed by atoms with Gasteiger partial charge >= 0.3 is 12.4 Å². The summed E-state index contributed by atoms with van der Waals surface area (Å²) in [5, 5.41) is 1.57. The van der Waals surface area contributed by atoms with Crippen LogP contribution in [0.1, 0.15) is 28.8 Å². The first-order valence-electron chi connectivity index (χ1n) is 9.81. The minimum Gasteiger partial charge on any atom is -0.371 e. The Hall–Kier alpha value is -2.54. The third kappa shape index (κ3) is 5.93. The number of piperidine rings is 1. The molecule has 1 aromatic heterocycles. The van der Waals surface area contributed by atoms with Crippen molar-refractivity contribution in [2.24, 2.45) is 5.92 Å². The average molecular weight is 529 g/mol. The number of amides is 1. The normalized spacial score (nSPS) is 17.4. The fourth-order valence-electron chi connectivity index (χ4n) is 3.57. The molecule has 34 heavy (non-hydrogen) atoms. The maximum absolute atomic E-state index is 13.4. The number of aromatic nitrogens is 1. The van der Waals surface area contributed by atoms with Crippen molar-refractivity contribution in [3.8, 4) is 0 Å². The lowest BCUT2D eigenvalue weighted by Gasteiger charge is -2.35. The lowest BCUT2D eigenvalue weighted by atomic mass is 9.95. The molecule has 2 aromatic rings. The van der Waals surface area contributed by atoms with Gasteiger partial charge in [-0.25, -0.2) is 14.0 Å². The van der Waals surface area contributed by atoms with Gasteiger partial charge in [0.2, 0.25) is 0 Å². The molecule has 0 unspecified atom stereocenters. The lowest BCUT2D eigenvalue weighted by molar-refractivity contribution is -0.179. The standard InChI is InChI=1S/C20H19ClF6N4O2S/c1-34(28,33)17-8-12(2-5-29-17)30-18(32)13-9-15(21)14(20(25,26)27)10-16(13)31-6-3-11(4-7-31)19(22,23)24/h2,5,8-11,28H,3-4,6-7H2,1H3,(H,29,30,32)/t34-/m0/s1. The predicted molar refractivity (Wildman–Crippen MR) is 115 cm³/mol. The highest BCUT2D eigenvalue weighted by Gasteiger charge is 2.42. The van der Waals surface area contributed by atoms with Gasteiger partial charge in [0.05, 0.1) is 37.5 Å². The second-order valence-corrected chi connectivity index (χ2v) is 10.3. The van der Waals surface area contributed by atoms with E-state index < -0.39 is 44.5 Å². The topological polar surface area (TPSA) is 86.2 Å². The van der Waals surface area contributed by atoms with Gasteiger partial charge < -0.3 is 10.2 Å². The fraction of sp³-hybridized carbons (Fsp3) is 0.400. The van der Waals surface area contributed by atoms with E-state index in [1.54, 1.807) is 0 Å². The van der Waals surface area contributed by atoms with Crippen LogP contribution in [0.4, 0.5) is 37.7 Å². The second kappa shape index (κ2) is 9.25. The number of carbonyl (C=O) groups excluding carboxylic acids is 1. The molecule has 0 bridgehead atoms. The summed E-state index contributed by atoms with van der Waals surface area (Å²) in [6.07, 6.45) is -7.61. The highest BCUT2D eigenvalue weighted by Crippen LogP contribution is 2.41. The number of alkyl halides is 6. The molecule has 0 spiro atoms. The van der Waals surface area contributed by atoms with Crippen molar-refractivity contribution >= 4 is 38.6 Å². The van der Waals surface area contributed by atoms with Crippen LogP contribution in [0.5, 0.6) is 0 Å². The van der Waals surface area contributed by atoms with E-state index in [4.69, 9.17) is 16.4 Å². The van der Waals surface area contributed by atoms with Crippen molar-refractivity contribution in [1.82, 2.24) is 4.98 Å². The zero-order chi connectivity index (χ0) is 25.5. The van der Waals surface area contributed by atoms with Gasteiger partial charge in [0, 0.05) is 31.2 Å². The first-order valence-corrected chi connectivity index (χ1v) is 12.2. The van der Waals surface area contributed by atoms with E-state index in [9.17, 15) is 35.3 Å². The average Bonchev–Trinajstić information content (AvgIpc) is 2.71. The molecule has 2 N–H and O–H groups in total. The molecular formula is C20H19ClF6N4O2S. The van der Waals surface area contributed by atoms with Crippen LogP contribution in [0, 0.1) is 10.7 Å². The Morgan fingerprint density at radius 3 is 2.32 bits per heavy atom. The van der Waals surface area contributed by atoms with Crippen LogP contribution in [0.3, 0.4) is 0 Å². The fourth-order valence-corrected chi connectivity index (χ4v) is 4.45. The lowest BCUT2D eigenvalue weighted by Crippen LogP contribution is -2.40. The minimum atomic E-state index is -4.85. The van der Waals surface area contributed by atoms with Gasteiger partial charge in [0.15, 0.2) is 0 Å². The SMILES string of the molecule is C[S@](=N)(=O)c1cc(NC(=O)c2cc(Cl)c(C(F)(F)F)cc2N2CCC(C(F)(F)F)CC2)ccn1. The highest BCUT2D eigenvalue weighted by atomic mass is 35.5. The number of carbonyl (C=O) groups is 1. The van der Waals surface area contributed by atoms with Crippen LogP contribution in [0.2, 0.25) is 5.02 Å². The Morgan fingerprint density at radius 1 is 1.18 bits per heavy atom. The van der Waals surface area contributed by atoms with Crippen molar-refractivity contribution < 1.29 is 35.3 Å². The number of nitrogens with one attached hydrogen (secondary N) is 2. The van der Waals surface area contributed by atoms with Crippen molar-refractivity contribution in [2.75, 3.05) is 29.6 Å². The van der Waals surface area contributed by atoms with Gasteiger partial charge in [0.1, 0.15) is 5.03 Å². The molecule has 1 amide bonds. The van der Waals surface area contributed by atoms with E-state index in [-0.39, 0.29) is 47.9 Å². The molecule has 1 fully saturated rings. The molecule has 1 atom stereocenters. The molecule has 186 valence electrons. The van der Waals surface area contributed by atoms with Crippen LogP contribution < -0.4 is 10.2 Å². The minimum absolute atomic E-state index is 0.0783. The van der Waals surface area contributed by atoms with Gasteiger partial charge in [-0.3, -0.25) is 4.79 Å². The Bertz CT molecular complexity index is 1190. The maximum Gasteiger partial charge on any atom is 0.417 e. The molecule has 1 aliphatic rings. The number of nitrogens with zero attached hydrogens (tertiary/aromatic N) is 2. The number of halogens is 7. The van der Waals surface area contributed by atoms with E-state index in [0.717, 1.165) is 12.3 Å². The third-order valence-corrected chi connectivity index (χ3v) is 6.66. The van der Waals surface area contributed by atoms with Crippen LogP contribution in [-0.2, 0) is 15.9 Å². The monoisotopic (exact) mass is 528 g/mol. The summed E-state index contributed by atoms with van der Waals surface area (Å²) in [6.45, 7) is -0.418. The predicted octanol–water partition coefficient (Wildman–Crippen LogP) is 5.82. The molecule has 0 radical (unpaired) electrons. The maximum atomic E-state index is 13.4. The summed E-state index contributed by atoms with van der Waals surface area (Å²) in [4.78, 5) is 18.1. The van der Waals surface area contributed by atoms with E-state index in [1.165, 1.54) is 23.2 Å². The summed E-state index contributed by atoms with van der Waals surface area (Å²) < 4.78 is 98.9. The number of hydrogen-bond donors (Lipinski definition) is 2. The highest BCUT2D eigenvalue weighted by molar-refractivity contribution is 7.91. The van der Waals surface area contributed by atoms with Crippen molar-refractivity contribution in [2.45, 2.75) is 30.2 Å². The van der Waals surface area contributed by atoms with E-state index in [0.29, 0.717) is 6.07 Å². The van der Waals surface area contributed by atoms with Gasteiger partial charge in [-0.15, -0.1) is 0 Å². The molecule has 2 heterocycles. The van der Waals surface area contributed by atoms with Crippen LogP contribution in [-0.4, -0.2) is 40.6 Å². The van der Waals surface area contributed by atoms with E-state index in [1.807, 2.05) is 0 Å². The molecule has 1 saturated heterocycles. The Morgan fingerprint density at radius 2 is 1.79 bits per heavy atom. The van der Waals surface area contributed by atoms with E-state index in [2.05, 4.69) is 10.3 Å². The van der Waals surface area contributed by atoms with Crippen LogP contribution in [0.15, 0.2) is 35.5 Å². The molecule has 0 saturated carbocycles. The first-order chi connectivity index (χ1) is 15.6. The van der Waals surface area contributed by atoms with Gasteiger partial charge in [-0.2, -0.15) is 26.3 Å². The largest absolute Gasteiger partial charge is 0.417 e. The number of rotatable bonds is 4. The molecule has 1 aliphatic heterocycles. The first kappa shape index (κ1) is 26.1. The molecular weight excluding hydrogens is 510 g/mol. The van der Waals surface area contributed by atoms with Gasteiger partial charge in [-0.1, -0.05) is 11.6 Å². The summed E-state index contributed by atoms with van der Waals surface area (Å²) >= 11 is 5.80. The molecule has 0 aliphatic carbocycles. The number of benzene rings is 1. The quantitative estimate of drug-likeness (QED) is 0.490. The van der Waals surface area contributed by atoms with Crippen molar-refractivity contribution in [3.63, 3.8) is 0 Å². The molecule has 14 heteroatoms. The molecule has 1 aromatic carbocycles. The zero-order valence-corrected chi connectivity index (χ0v) is 19.1. The second-order valence-electron chi connectivity index (χ2n) is 7.83. The summed E-state index contributed by atoms with van der Waals surface area (Å²) in [7, 11) is -3.21. The number of anilines is 2. The smallest absolute Gasteiger partial charge is 0.371 e. The van der Waals surface area contributed by atoms with Crippen molar-refractivity contribution in [1.29, 1.82) is 4.78 Å². The Kier molecular flexibility index (Phi) is 7.09. The van der Waals surface area contributed by atoms with Crippen molar-refractivity contribution in [3.05, 3.63) is 46.6 Å². The summed E-state index contributed by atoms with van der Waals surface area (Å²) in [5.74, 6) is -2.47. The summed E-state index contributed by atoms with van der Waals surface area (Å²) in [6, 6.07) is 3.99. The van der Waals surface area contributed by atoms with E-state index >= 15 is 0 Å². The van der Waals surface area contributed by atoms with Gasteiger partial charge in [0.25, 0.3) is 5.91 Å². The summed E-state index contributed by atoms with van der Waals surface area (Å²) in [5.41, 5.74) is -1.62. The van der Waals surface area contributed by atoms with Crippen LogP contribution >= 0.6 is 11.6 Å². The molecule has 3 rings (SSSR count). The zero-order valence-electron chi connectivity index (χ0n) is 17.6. The van der Waals surface area contributed by atoms with Gasteiger partial charge in [-0.05, 0) is 37.1 Å². The molecule has 6 nitrogen and oxygen atoms in total. The number of hydrogen-bond acceptors (Lipinski definition) is 5. The third-order valence-electron chi connectivity index (χ3n) is 5.33. The Labute approximate surface area is 196 Å².